The zero-order valence-corrected chi connectivity index (χ0v) is 6.87. The molecule has 0 aliphatic carbocycles. The Morgan fingerprint density at radius 1 is 1.78 bits per heavy atom. The normalized spacial score (nSPS) is 16.2. The van der Waals surface area contributed by atoms with Crippen molar-refractivity contribution in [3.05, 3.63) is 12.0 Å². The van der Waals surface area contributed by atoms with E-state index >= 15 is 0 Å². The van der Waals surface area contributed by atoms with Crippen LogP contribution in [0.15, 0.2) is 16.3 Å². The highest BCUT2D eigenvalue weighted by Crippen LogP contribution is 1.99. The molecule has 0 saturated carbocycles. The fraction of sp³-hybridized carbons (Fsp3) is 0.667. The Labute approximate surface area is 57.6 Å². The summed E-state index contributed by atoms with van der Waals surface area (Å²) in [6, 6.07) is 0. The summed E-state index contributed by atoms with van der Waals surface area (Å²) in [6.45, 7) is 5.64. The van der Waals surface area contributed by atoms with Crippen molar-refractivity contribution in [3.63, 3.8) is 0 Å². The number of hydrogen-bond donors (Lipinski definition) is 1. The molecule has 1 N–H and O–H groups in total. The molecular weight excluding hydrogens is 132 g/mol. The van der Waals surface area contributed by atoms with Gasteiger partial charge in [0.25, 0.3) is 0 Å². The molecule has 3 heteroatoms. The maximum atomic E-state index is 7.62. The molecule has 0 rings (SSSR count). The van der Waals surface area contributed by atoms with Crippen molar-refractivity contribution in [1.29, 1.82) is 4.78 Å². The second kappa shape index (κ2) is 3.67. The van der Waals surface area contributed by atoms with E-state index in [1.165, 1.54) is 0 Å². The lowest BCUT2D eigenvalue weighted by atomic mass is 10.6. The highest BCUT2D eigenvalue weighted by Gasteiger charge is 1.92. The summed E-state index contributed by atoms with van der Waals surface area (Å²) in [5.41, 5.74) is 0. The van der Waals surface area contributed by atoms with Crippen LogP contribution < -0.4 is 0 Å². The van der Waals surface area contributed by atoms with E-state index in [0.717, 1.165) is 12.2 Å². The SMILES string of the molecule is C=CS(=N)(CCC)=NC. The van der Waals surface area contributed by atoms with E-state index in [4.69, 9.17) is 4.78 Å². The molecule has 9 heavy (non-hydrogen) atoms. The minimum absolute atomic E-state index is 0.854. The Balaban J connectivity index is 4.32. The molecule has 0 amide bonds. The predicted octanol–water partition coefficient (Wildman–Crippen LogP) is 2.27. The molecule has 54 valence electrons. The van der Waals surface area contributed by atoms with E-state index in [2.05, 4.69) is 17.9 Å². The lowest BCUT2D eigenvalue weighted by Crippen LogP contribution is -1.96. The number of nitrogens with one attached hydrogen (secondary N) is 1. The Hall–Kier alpha value is -0.310. The Kier molecular flexibility index (Phi) is 3.54. The van der Waals surface area contributed by atoms with Crippen LogP contribution >= 0.6 is 0 Å². The van der Waals surface area contributed by atoms with E-state index in [1.54, 1.807) is 12.5 Å². The third-order valence-corrected chi connectivity index (χ3v) is 3.35. The quantitative estimate of drug-likeness (QED) is 0.634. The van der Waals surface area contributed by atoms with E-state index in [0.29, 0.717) is 0 Å². The van der Waals surface area contributed by atoms with Crippen molar-refractivity contribution in [2.75, 3.05) is 12.8 Å². The highest BCUT2D eigenvalue weighted by atomic mass is 32.2. The van der Waals surface area contributed by atoms with Crippen LogP contribution in [0.25, 0.3) is 0 Å². The first-order valence-electron chi connectivity index (χ1n) is 2.97. The molecule has 0 aromatic heterocycles. The van der Waals surface area contributed by atoms with Gasteiger partial charge in [-0.15, -0.1) is 0 Å². The van der Waals surface area contributed by atoms with Gasteiger partial charge in [-0.3, -0.25) is 9.14 Å². The third-order valence-electron chi connectivity index (χ3n) is 1.12. The molecule has 0 heterocycles. The Morgan fingerprint density at radius 2 is 2.33 bits per heavy atom. The molecule has 0 spiro atoms. The van der Waals surface area contributed by atoms with Crippen LogP contribution in [0, 0.1) is 4.78 Å². The van der Waals surface area contributed by atoms with Gasteiger partial charge in [-0.05, 0) is 21.4 Å². The second-order valence-electron chi connectivity index (χ2n) is 1.81. The van der Waals surface area contributed by atoms with Gasteiger partial charge in [0.1, 0.15) is 0 Å². The van der Waals surface area contributed by atoms with Crippen molar-refractivity contribution in [3.8, 4) is 0 Å². The second-order valence-corrected chi connectivity index (χ2v) is 4.42. The predicted molar refractivity (Wildman–Crippen MR) is 43.8 cm³/mol. The zero-order valence-electron chi connectivity index (χ0n) is 6.05. The average Bonchev–Trinajstić information content (AvgIpc) is 1.89. The van der Waals surface area contributed by atoms with Gasteiger partial charge in [0.15, 0.2) is 0 Å². The van der Waals surface area contributed by atoms with Crippen molar-refractivity contribution < 1.29 is 0 Å². The highest BCUT2D eigenvalue weighted by molar-refractivity contribution is 7.97. The van der Waals surface area contributed by atoms with Crippen molar-refractivity contribution >= 4 is 9.62 Å². The van der Waals surface area contributed by atoms with Gasteiger partial charge in [0.2, 0.25) is 0 Å². The molecule has 1 unspecified atom stereocenters. The molecule has 1 atom stereocenters. The summed E-state index contributed by atoms with van der Waals surface area (Å²) in [5.74, 6) is 0.854. The van der Waals surface area contributed by atoms with Crippen LogP contribution in [-0.4, -0.2) is 12.8 Å². The van der Waals surface area contributed by atoms with Gasteiger partial charge >= 0.3 is 0 Å². The van der Waals surface area contributed by atoms with E-state index in [-0.39, 0.29) is 0 Å². The zero-order chi connectivity index (χ0) is 7.33. The summed E-state index contributed by atoms with van der Waals surface area (Å²) < 4.78 is 11.6. The number of nitrogens with zero attached hydrogens (tertiary/aromatic N) is 1. The molecule has 0 saturated heterocycles. The van der Waals surface area contributed by atoms with E-state index in [1.807, 2.05) is 0 Å². The fourth-order valence-electron chi connectivity index (χ4n) is 0.560. The third kappa shape index (κ3) is 2.65. The van der Waals surface area contributed by atoms with E-state index in [9.17, 15) is 0 Å². The monoisotopic (exact) mass is 146 g/mol. The molecule has 0 aromatic rings. The lowest BCUT2D eigenvalue weighted by Gasteiger charge is -2.02. The summed E-state index contributed by atoms with van der Waals surface area (Å²) >= 11 is 0. The van der Waals surface area contributed by atoms with Gasteiger partial charge in [-0.25, -0.2) is 0 Å². The minimum Gasteiger partial charge on any atom is -0.266 e. The van der Waals surface area contributed by atoms with Gasteiger partial charge in [-0.1, -0.05) is 13.5 Å². The lowest BCUT2D eigenvalue weighted by molar-refractivity contribution is 1.09. The topological polar surface area (TPSA) is 36.2 Å². The maximum absolute atomic E-state index is 7.62. The molecule has 0 aliphatic heterocycles. The van der Waals surface area contributed by atoms with Gasteiger partial charge in [0, 0.05) is 12.8 Å². The summed E-state index contributed by atoms with van der Waals surface area (Å²) in [6.07, 6.45) is 1.02. The molecule has 0 fully saturated rings. The fourth-order valence-corrected chi connectivity index (χ4v) is 1.68. The molecule has 0 radical (unpaired) electrons. The number of hydrogen-bond acceptors (Lipinski definition) is 2. The van der Waals surface area contributed by atoms with Crippen LogP contribution in [0.5, 0.6) is 0 Å². The summed E-state index contributed by atoms with van der Waals surface area (Å²) in [5, 5.41) is 1.66. The first-order valence-corrected chi connectivity index (χ1v) is 4.80. The van der Waals surface area contributed by atoms with Crippen molar-refractivity contribution in [2.45, 2.75) is 13.3 Å². The standard InChI is InChI=1S/C6H14N2S/c1-4-6-9(7,5-2)8-3/h5,7H,2,4,6H2,1,3H3. The largest absolute Gasteiger partial charge is 0.266 e. The molecule has 0 aromatic carbocycles. The van der Waals surface area contributed by atoms with Gasteiger partial charge in [-0.2, -0.15) is 0 Å². The Morgan fingerprint density at radius 3 is 2.44 bits per heavy atom. The first-order chi connectivity index (χ1) is 4.18. The average molecular weight is 146 g/mol. The minimum atomic E-state index is -1.53. The van der Waals surface area contributed by atoms with E-state index < -0.39 is 9.62 Å². The number of rotatable bonds is 3. The Bertz CT molecular complexity index is 187. The first kappa shape index (κ1) is 8.69. The van der Waals surface area contributed by atoms with Crippen molar-refractivity contribution in [2.24, 2.45) is 4.36 Å². The summed E-state index contributed by atoms with van der Waals surface area (Å²) in [7, 11) is 0.168. The van der Waals surface area contributed by atoms with Crippen LogP contribution in [0.1, 0.15) is 13.3 Å². The van der Waals surface area contributed by atoms with Gasteiger partial charge < -0.3 is 0 Å². The molecule has 0 aliphatic rings. The van der Waals surface area contributed by atoms with Gasteiger partial charge in [0.05, 0.1) is 0 Å². The summed E-state index contributed by atoms with van der Waals surface area (Å²) in [4.78, 5) is 0. The van der Waals surface area contributed by atoms with Crippen LogP contribution in [0.2, 0.25) is 0 Å². The molecule has 2 nitrogen and oxygen atoms in total. The van der Waals surface area contributed by atoms with Crippen molar-refractivity contribution in [1.82, 2.24) is 0 Å². The van der Waals surface area contributed by atoms with Crippen LogP contribution in [0.4, 0.5) is 0 Å². The molecule has 0 bridgehead atoms. The smallest absolute Gasteiger partial charge is 0.0360 e. The van der Waals surface area contributed by atoms with Crippen LogP contribution in [0.3, 0.4) is 0 Å². The molecular formula is C6H14N2S. The maximum Gasteiger partial charge on any atom is 0.0360 e. The van der Waals surface area contributed by atoms with Crippen LogP contribution in [-0.2, 0) is 9.62 Å².